The van der Waals surface area contributed by atoms with Gasteiger partial charge in [-0.2, -0.15) is 5.10 Å². The molecule has 1 aromatic heterocycles. The molecular formula is C16H22N4O5S. The Labute approximate surface area is 155 Å². The molecule has 1 N–H and O–H groups in total. The number of Topliss-reactive ketones (excluding diaryl/α,β-unsaturated/α-hetero) is 1. The highest BCUT2D eigenvalue weighted by atomic mass is 32.1. The second-order valence-electron chi connectivity index (χ2n) is 5.43. The van der Waals surface area contributed by atoms with Crippen molar-refractivity contribution in [2.45, 2.75) is 13.8 Å². The Hall–Kier alpha value is -2.62. The van der Waals surface area contributed by atoms with Gasteiger partial charge >= 0.3 is 12.1 Å². The van der Waals surface area contributed by atoms with Crippen molar-refractivity contribution in [3.63, 3.8) is 0 Å². The van der Waals surface area contributed by atoms with Crippen LogP contribution in [0.4, 0.5) is 10.5 Å². The molecule has 142 valence electrons. The summed E-state index contributed by atoms with van der Waals surface area (Å²) in [5.41, 5.74) is 3.25. The van der Waals surface area contributed by atoms with Gasteiger partial charge in [-0.15, -0.1) is 11.3 Å². The van der Waals surface area contributed by atoms with Crippen molar-refractivity contribution < 1.29 is 23.9 Å². The Kier molecular flexibility index (Phi) is 6.96. The summed E-state index contributed by atoms with van der Waals surface area (Å²) in [4.78, 5) is 39.2. The molecule has 0 bridgehead atoms. The molecule has 0 unspecified atom stereocenters. The topological polar surface area (TPSA) is 101 Å². The normalized spacial score (nSPS) is 14.8. The minimum Gasteiger partial charge on any atom is -0.465 e. The van der Waals surface area contributed by atoms with Gasteiger partial charge in [-0.1, -0.05) is 0 Å². The Morgan fingerprint density at radius 3 is 2.46 bits per heavy atom. The third-order valence-electron chi connectivity index (χ3n) is 3.74. The van der Waals surface area contributed by atoms with Crippen LogP contribution in [0.25, 0.3) is 0 Å². The number of esters is 1. The SMILES string of the molecule is CCOC(=O)N1CCN(/C(=N/Nc2ccsc2C(=O)OC)C(C)=O)CC1. The van der Waals surface area contributed by atoms with E-state index in [1.165, 1.54) is 25.4 Å². The highest BCUT2D eigenvalue weighted by Gasteiger charge is 2.26. The minimum absolute atomic E-state index is 0.211. The highest BCUT2D eigenvalue weighted by molar-refractivity contribution is 7.12. The number of nitrogens with zero attached hydrogens (tertiary/aromatic N) is 3. The largest absolute Gasteiger partial charge is 0.465 e. The summed E-state index contributed by atoms with van der Waals surface area (Å²) < 4.78 is 9.70. The lowest BCUT2D eigenvalue weighted by atomic mass is 10.3. The Morgan fingerprint density at radius 1 is 1.23 bits per heavy atom. The van der Waals surface area contributed by atoms with Crippen LogP contribution in [0.15, 0.2) is 16.5 Å². The van der Waals surface area contributed by atoms with Crippen molar-refractivity contribution in [3.05, 3.63) is 16.3 Å². The molecule has 0 saturated carbocycles. The van der Waals surface area contributed by atoms with Crippen LogP contribution in [-0.4, -0.2) is 73.4 Å². The number of hydrazone groups is 1. The number of hydrogen-bond acceptors (Lipinski definition) is 8. The maximum atomic E-state index is 12.0. The van der Waals surface area contributed by atoms with E-state index < -0.39 is 5.97 Å². The van der Waals surface area contributed by atoms with E-state index in [1.54, 1.807) is 28.2 Å². The van der Waals surface area contributed by atoms with E-state index in [2.05, 4.69) is 10.5 Å². The molecule has 1 fully saturated rings. The summed E-state index contributed by atoms with van der Waals surface area (Å²) in [7, 11) is 1.30. The fourth-order valence-electron chi connectivity index (χ4n) is 2.45. The number of rotatable bonds is 5. The van der Waals surface area contributed by atoms with Gasteiger partial charge in [0, 0.05) is 33.1 Å². The van der Waals surface area contributed by atoms with Gasteiger partial charge in [-0.25, -0.2) is 9.59 Å². The van der Waals surface area contributed by atoms with Crippen LogP contribution in [0.1, 0.15) is 23.5 Å². The first-order valence-electron chi connectivity index (χ1n) is 8.15. The molecule has 0 atom stereocenters. The number of thiophene rings is 1. The van der Waals surface area contributed by atoms with Crippen molar-refractivity contribution in [1.82, 2.24) is 9.80 Å². The molecule has 0 radical (unpaired) electrons. The fraction of sp³-hybridized carbons (Fsp3) is 0.500. The maximum absolute atomic E-state index is 12.0. The number of nitrogens with one attached hydrogen (secondary N) is 1. The molecule has 10 heteroatoms. The van der Waals surface area contributed by atoms with E-state index in [9.17, 15) is 14.4 Å². The van der Waals surface area contributed by atoms with Crippen LogP contribution in [0.5, 0.6) is 0 Å². The lowest BCUT2D eigenvalue weighted by Crippen LogP contribution is -2.52. The van der Waals surface area contributed by atoms with E-state index in [4.69, 9.17) is 9.47 Å². The number of ether oxygens (including phenoxy) is 2. The van der Waals surface area contributed by atoms with Crippen molar-refractivity contribution in [3.8, 4) is 0 Å². The number of ketones is 1. The molecule has 1 saturated heterocycles. The number of carbonyl (C=O) groups is 3. The maximum Gasteiger partial charge on any atom is 0.409 e. The Balaban J connectivity index is 2.05. The molecular weight excluding hydrogens is 360 g/mol. The third-order valence-corrected chi connectivity index (χ3v) is 4.63. The van der Waals surface area contributed by atoms with E-state index in [1.807, 2.05) is 0 Å². The molecule has 1 aliphatic heterocycles. The van der Waals surface area contributed by atoms with E-state index in [0.717, 1.165) is 0 Å². The predicted octanol–water partition coefficient (Wildman–Crippen LogP) is 1.62. The standard InChI is InChI=1S/C16H22N4O5S/c1-4-25-16(23)20-8-6-19(7-9-20)14(11(2)21)18-17-12-5-10-26-13(12)15(22)24-3/h5,10,17H,4,6-9H2,1-3H3/b18-14+. The Bertz CT molecular complexity index is 695. The van der Waals surface area contributed by atoms with Gasteiger partial charge < -0.3 is 19.3 Å². The van der Waals surface area contributed by atoms with Crippen LogP contribution in [0.2, 0.25) is 0 Å². The number of anilines is 1. The second-order valence-corrected chi connectivity index (χ2v) is 6.35. The number of amides is 1. The van der Waals surface area contributed by atoms with Crippen LogP contribution < -0.4 is 5.43 Å². The molecule has 9 nitrogen and oxygen atoms in total. The summed E-state index contributed by atoms with van der Waals surface area (Å²) in [5.74, 6) is -0.433. The monoisotopic (exact) mass is 382 g/mol. The molecule has 1 amide bonds. The van der Waals surface area contributed by atoms with E-state index in [0.29, 0.717) is 43.4 Å². The predicted molar refractivity (Wildman–Crippen MR) is 97.6 cm³/mol. The van der Waals surface area contributed by atoms with E-state index in [-0.39, 0.29) is 17.7 Å². The average molecular weight is 382 g/mol. The van der Waals surface area contributed by atoms with Crippen LogP contribution in [0, 0.1) is 0 Å². The van der Waals surface area contributed by atoms with Crippen LogP contribution in [0.3, 0.4) is 0 Å². The first-order valence-corrected chi connectivity index (χ1v) is 9.03. The zero-order valence-corrected chi connectivity index (χ0v) is 15.8. The molecule has 2 heterocycles. The summed E-state index contributed by atoms with van der Waals surface area (Å²) in [6.45, 7) is 5.32. The van der Waals surface area contributed by atoms with Crippen molar-refractivity contribution in [1.29, 1.82) is 0 Å². The summed E-state index contributed by atoms with van der Waals surface area (Å²) in [6, 6.07) is 1.69. The molecule has 0 aliphatic carbocycles. The fourth-order valence-corrected chi connectivity index (χ4v) is 3.21. The first kappa shape index (κ1) is 19.7. The minimum atomic E-state index is -0.467. The highest BCUT2D eigenvalue weighted by Crippen LogP contribution is 2.23. The molecule has 0 aromatic carbocycles. The van der Waals surface area contributed by atoms with Gasteiger partial charge in [0.1, 0.15) is 4.88 Å². The van der Waals surface area contributed by atoms with Crippen LogP contribution >= 0.6 is 11.3 Å². The van der Waals surface area contributed by atoms with Crippen molar-refractivity contribution >= 4 is 40.7 Å². The lowest BCUT2D eigenvalue weighted by Gasteiger charge is -2.35. The number of carbonyl (C=O) groups excluding carboxylic acids is 3. The lowest BCUT2D eigenvalue weighted by molar-refractivity contribution is -0.111. The van der Waals surface area contributed by atoms with Crippen molar-refractivity contribution in [2.75, 3.05) is 45.3 Å². The Morgan fingerprint density at radius 2 is 1.88 bits per heavy atom. The smallest absolute Gasteiger partial charge is 0.409 e. The van der Waals surface area contributed by atoms with Crippen LogP contribution in [-0.2, 0) is 14.3 Å². The zero-order chi connectivity index (χ0) is 19.1. The number of hydrogen-bond donors (Lipinski definition) is 1. The van der Waals surface area contributed by atoms with Gasteiger partial charge in [0.2, 0.25) is 0 Å². The van der Waals surface area contributed by atoms with Gasteiger partial charge in [0.25, 0.3) is 0 Å². The first-order chi connectivity index (χ1) is 12.5. The van der Waals surface area contributed by atoms with Gasteiger partial charge in [-0.3, -0.25) is 10.2 Å². The molecule has 1 aromatic rings. The zero-order valence-electron chi connectivity index (χ0n) is 15.0. The van der Waals surface area contributed by atoms with Gasteiger partial charge in [0.15, 0.2) is 11.6 Å². The van der Waals surface area contributed by atoms with Crippen molar-refractivity contribution in [2.24, 2.45) is 5.10 Å². The van der Waals surface area contributed by atoms with Gasteiger partial charge in [0.05, 0.1) is 19.4 Å². The van der Waals surface area contributed by atoms with Gasteiger partial charge in [-0.05, 0) is 18.4 Å². The second kappa shape index (κ2) is 9.18. The molecule has 26 heavy (non-hydrogen) atoms. The molecule has 1 aliphatic rings. The van der Waals surface area contributed by atoms with E-state index >= 15 is 0 Å². The molecule has 2 rings (SSSR count). The summed E-state index contributed by atoms with van der Waals surface area (Å²) in [5, 5.41) is 5.91. The average Bonchev–Trinajstić information content (AvgIpc) is 3.10. The number of piperazine rings is 1. The quantitative estimate of drug-likeness (QED) is 0.357. The summed E-state index contributed by atoms with van der Waals surface area (Å²) in [6.07, 6.45) is -0.354. The summed E-state index contributed by atoms with van der Waals surface area (Å²) >= 11 is 1.22. The third kappa shape index (κ3) is 4.72. The number of methoxy groups -OCH3 is 1. The molecule has 0 spiro atoms. The number of amidine groups is 1.